The maximum Gasteiger partial charge on any atom is 0.221 e. The molecule has 0 spiro atoms. The van der Waals surface area contributed by atoms with Gasteiger partial charge in [-0.15, -0.1) is 0 Å². The van der Waals surface area contributed by atoms with Crippen molar-refractivity contribution in [3.05, 3.63) is 48.3 Å². The van der Waals surface area contributed by atoms with Gasteiger partial charge in [0.2, 0.25) is 5.91 Å². The number of amides is 1. The van der Waals surface area contributed by atoms with Crippen LogP contribution in [-0.2, 0) is 11.3 Å². The Labute approximate surface area is 147 Å². The lowest BCUT2D eigenvalue weighted by atomic mass is 10.1. The zero-order chi connectivity index (χ0) is 17.6. The van der Waals surface area contributed by atoms with Crippen molar-refractivity contribution in [2.45, 2.75) is 44.9 Å². The highest BCUT2D eigenvalue weighted by Crippen LogP contribution is 2.29. The van der Waals surface area contributed by atoms with Crippen LogP contribution in [0.25, 0.3) is 0 Å². The molecule has 2 N–H and O–H groups in total. The van der Waals surface area contributed by atoms with Gasteiger partial charge < -0.3 is 15.2 Å². The number of hydrogen-bond donors (Lipinski definition) is 2. The first-order valence-electron chi connectivity index (χ1n) is 8.78. The molecule has 3 rings (SSSR count). The number of aryl methyl sites for hydroxylation is 2. The average molecular weight is 343 g/mol. The van der Waals surface area contributed by atoms with E-state index >= 15 is 0 Å². The van der Waals surface area contributed by atoms with E-state index in [1.54, 1.807) is 4.68 Å². The first-order valence-corrected chi connectivity index (χ1v) is 8.78. The molecule has 1 aliphatic rings. The van der Waals surface area contributed by atoms with Crippen molar-refractivity contribution in [1.82, 2.24) is 15.1 Å². The molecule has 1 amide bonds. The number of carbonyl (C=O) groups excluding carboxylic acids is 1. The summed E-state index contributed by atoms with van der Waals surface area (Å²) in [5, 5.41) is 17.6. The Hall–Kier alpha value is -2.34. The van der Waals surface area contributed by atoms with Crippen LogP contribution in [0.3, 0.4) is 0 Å². The van der Waals surface area contributed by atoms with Gasteiger partial charge in [-0.3, -0.25) is 9.48 Å². The quantitative estimate of drug-likeness (QED) is 0.805. The molecule has 1 aliphatic carbocycles. The topological polar surface area (TPSA) is 76.4 Å². The number of rotatable bonds is 7. The number of carbonyl (C=O) groups is 1. The second-order valence-electron chi connectivity index (χ2n) is 6.57. The van der Waals surface area contributed by atoms with Gasteiger partial charge in [0.25, 0.3) is 0 Å². The fourth-order valence-electron chi connectivity index (χ4n) is 3.19. The number of hydrogen-bond acceptors (Lipinski definition) is 4. The van der Waals surface area contributed by atoms with E-state index in [9.17, 15) is 9.90 Å². The lowest BCUT2D eigenvalue weighted by Gasteiger charge is -2.21. The molecule has 6 heteroatoms. The van der Waals surface area contributed by atoms with Crippen LogP contribution in [0.4, 0.5) is 0 Å². The second-order valence-corrected chi connectivity index (χ2v) is 6.57. The molecule has 2 aromatic rings. The van der Waals surface area contributed by atoms with E-state index in [2.05, 4.69) is 10.4 Å². The number of benzene rings is 1. The molecule has 1 heterocycles. The monoisotopic (exact) mass is 343 g/mol. The van der Waals surface area contributed by atoms with E-state index in [0.29, 0.717) is 19.5 Å². The van der Waals surface area contributed by atoms with E-state index in [1.807, 2.05) is 49.5 Å². The minimum atomic E-state index is -0.561. The van der Waals surface area contributed by atoms with E-state index in [4.69, 9.17) is 4.74 Å². The third-order valence-electron chi connectivity index (χ3n) is 4.62. The van der Waals surface area contributed by atoms with Gasteiger partial charge in [-0.25, -0.2) is 0 Å². The van der Waals surface area contributed by atoms with Crippen molar-refractivity contribution in [1.29, 1.82) is 0 Å². The molecule has 1 fully saturated rings. The molecule has 3 atom stereocenters. The van der Waals surface area contributed by atoms with Crippen molar-refractivity contribution in [2.75, 3.05) is 6.54 Å². The molecule has 0 bridgehead atoms. The Morgan fingerprint density at radius 3 is 2.84 bits per heavy atom. The van der Waals surface area contributed by atoms with Gasteiger partial charge in [0.1, 0.15) is 11.9 Å². The summed E-state index contributed by atoms with van der Waals surface area (Å²) in [4.78, 5) is 12.0. The van der Waals surface area contributed by atoms with Gasteiger partial charge >= 0.3 is 0 Å². The number of aliphatic hydroxyl groups is 1. The Balaban J connectivity index is 1.40. The number of aromatic nitrogens is 2. The Kier molecular flexibility index (Phi) is 5.71. The summed E-state index contributed by atoms with van der Waals surface area (Å²) >= 11 is 0. The van der Waals surface area contributed by atoms with Gasteiger partial charge in [-0.05, 0) is 38.0 Å². The molecule has 134 valence electrons. The highest BCUT2D eigenvalue weighted by Gasteiger charge is 2.36. The summed E-state index contributed by atoms with van der Waals surface area (Å²) in [6.07, 6.45) is 3.12. The molecule has 0 unspecified atom stereocenters. The summed E-state index contributed by atoms with van der Waals surface area (Å²) in [6.45, 7) is 2.96. The lowest BCUT2D eigenvalue weighted by molar-refractivity contribution is -0.121. The third kappa shape index (κ3) is 4.82. The molecule has 25 heavy (non-hydrogen) atoms. The summed E-state index contributed by atoms with van der Waals surface area (Å²) in [6, 6.07) is 11.4. The highest BCUT2D eigenvalue weighted by molar-refractivity contribution is 5.75. The van der Waals surface area contributed by atoms with Crippen LogP contribution >= 0.6 is 0 Å². The summed E-state index contributed by atoms with van der Waals surface area (Å²) < 4.78 is 7.62. The fraction of sp³-hybridized carbons (Fsp3) is 0.474. The van der Waals surface area contributed by atoms with E-state index in [0.717, 1.165) is 24.3 Å². The molecule has 0 saturated heterocycles. The summed E-state index contributed by atoms with van der Waals surface area (Å²) in [5.41, 5.74) is 0.943. The largest absolute Gasteiger partial charge is 0.488 e. The second kappa shape index (κ2) is 8.16. The van der Waals surface area contributed by atoms with Gasteiger partial charge in [0, 0.05) is 31.6 Å². The van der Waals surface area contributed by atoms with Crippen molar-refractivity contribution in [3.63, 3.8) is 0 Å². The van der Waals surface area contributed by atoms with Crippen LogP contribution in [0.1, 0.15) is 25.0 Å². The Bertz CT molecular complexity index is 686. The predicted octanol–water partition coefficient (Wildman–Crippen LogP) is 1.92. The normalized spacial score (nSPS) is 22.7. The molecule has 0 aliphatic heterocycles. The fourth-order valence-corrected chi connectivity index (χ4v) is 3.19. The Morgan fingerprint density at radius 1 is 1.32 bits per heavy atom. The van der Waals surface area contributed by atoms with E-state index in [1.165, 1.54) is 0 Å². The third-order valence-corrected chi connectivity index (χ3v) is 4.62. The zero-order valence-electron chi connectivity index (χ0n) is 14.5. The number of nitrogens with zero attached hydrogens (tertiary/aromatic N) is 2. The first-order chi connectivity index (χ1) is 12.1. The Morgan fingerprint density at radius 2 is 2.12 bits per heavy atom. The van der Waals surface area contributed by atoms with Crippen LogP contribution in [0, 0.1) is 12.8 Å². The van der Waals surface area contributed by atoms with Crippen LogP contribution < -0.4 is 10.1 Å². The molecule has 0 radical (unpaired) electrons. The van der Waals surface area contributed by atoms with Gasteiger partial charge in [0.05, 0.1) is 11.8 Å². The maximum atomic E-state index is 12.0. The van der Waals surface area contributed by atoms with Crippen LogP contribution in [-0.4, -0.2) is 39.5 Å². The summed E-state index contributed by atoms with van der Waals surface area (Å²) in [7, 11) is 0. The van der Waals surface area contributed by atoms with Crippen molar-refractivity contribution in [2.24, 2.45) is 5.92 Å². The summed E-state index contributed by atoms with van der Waals surface area (Å²) in [5.74, 6) is 0.781. The van der Waals surface area contributed by atoms with Crippen molar-refractivity contribution >= 4 is 5.91 Å². The van der Waals surface area contributed by atoms with Crippen LogP contribution in [0.15, 0.2) is 42.6 Å². The molecular weight excluding hydrogens is 318 g/mol. The standard InChI is InChI=1S/C19H25N3O3/c1-14-9-11-22(21-14)12-10-18(23)20-13-15-7-8-17(19(15)24)25-16-5-3-2-4-6-16/h2-6,9,11,15,17,19,24H,7-8,10,12-13H2,1H3,(H,20,23)/t15-,17-,19-/m1/s1. The highest BCUT2D eigenvalue weighted by atomic mass is 16.5. The smallest absolute Gasteiger partial charge is 0.221 e. The molecular formula is C19H25N3O3. The lowest BCUT2D eigenvalue weighted by Crippen LogP contribution is -2.37. The number of para-hydroxylation sites is 1. The van der Waals surface area contributed by atoms with Crippen molar-refractivity contribution in [3.8, 4) is 5.75 Å². The molecule has 1 aromatic carbocycles. The average Bonchev–Trinajstić information content (AvgIpc) is 3.19. The number of nitrogens with one attached hydrogen (secondary N) is 1. The molecule has 6 nitrogen and oxygen atoms in total. The maximum absolute atomic E-state index is 12.0. The minimum absolute atomic E-state index is 0.0206. The van der Waals surface area contributed by atoms with E-state index in [-0.39, 0.29) is 17.9 Å². The minimum Gasteiger partial charge on any atom is -0.488 e. The van der Waals surface area contributed by atoms with Gasteiger partial charge in [0.15, 0.2) is 0 Å². The number of aliphatic hydroxyl groups excluding tert-OH is 1. The van der Waals surface area contributed by atoms with Gasteiger partial charge in [-0.1, -0.05) is 18.2 Å². The van der Waals surface area contributed by atoms with Gasteiger partial charge in [-0.2, -0.15) is 5.10 Å². The zero-order valence-corrected chi connectivity index (χ0v) is 14.5. The van der Waals surface area contributed by atoms with Crippen LogP contribution in [0.5, 0.6) is 5.75 Å². The first kappa shape index (κ1) is 17.5. The van der Waals surface area contributed by atoms with Crippen molar-refractivity contribution < 1.29 is 14.6 Å². The van der Waals surface area contributed by atoms with Crippen LogP contribution in [0.2, 0.25) is 0 Å². The molecule has 1 aromatic heterocycles. The van der Waals surface area contributed by atoms with E-state index < -0.39 is 6.10 Å². The predicted molar refractivity (Wildman–Crippen MR) is 94.2 cm³/mol. The molecule has 1 saturated carbocycles. The number of ether oxygens (including phenoxy) is 1. The SMILES string of the molecule is Cc1ccn(CCC(=O)NC[C@H]2CC[C@@H](Oc3ccccc3)[C@@H]2O)n1.